The number of nitrogens with one attached hydrogen (secondary N) is 4. The predicted octanol–water partition coefficient (Wildman–Crippen LogP) is 1.66. The number of carbonyl (C=O) groups is 1. The Hall–Kier alpha value is -3.69. The van der Waals surface area contributed by atoms with E-state index in [4.69, 9.17) is 0 Å². The molecule has 4 heterocycles. The number of anilines is 2. The highest BCUT2D eigenvalue weighted by Crippen LogP contribution is 2.26. The van der Waals surface area contributed by atoms with E-state index in [1.54, 1.807) is 11.1 Å². The van der Waals surface area contributed by atoms with E-state index < -0.39 is 0 Å². The summed E-state index contributed by atoms with van der Waals surface area (Å²) in [5, 5.41) is 20.1. The van der Waals surface area contributed by atoms with E-state index in [0.29, 0.717) is 25.6 Å². The van der Waals surface area contributed by atoms with Crippen LogP contribution < -0.4 is 16.0 Å². The van der Waals surface area contributed by atoms with Gasteiger partial charge in [-0.3, -0.25) is 0 Å². The van der Waals surface area contributed by atoms with Crippen LogP contribution in [0.25, 0.3) is 0 Å². The zero-order valence-corrected chi connectivity index (χ0v) is 16.4. The highest BCUT2D eigenvalue weighted by Gasteiger charge is 2.26. The van der Waals surface area contributed by atoms with E-state index in [9.17, 15) is 4.79 Å². The second-order valence-corrected chi connectivity index (χ2v) is 7.52. The molecule has 0 saturated carbocycles. The number of H-pyrrole nitrogens is 1. The minimum Gasteiger partial charge on any atom is -0.365 e. The van der Waals surface area contributed by atoms with Crippen LogP contribution in [0, 0.1) is 0 Å². The second-order valence-electron chi connectivity index (χ2n) is 7.52. The average Bonchev–Trinajstić information content (AvgIpc) is 3.49. The Labute approximate surface area is 173 Å². The molecule has 0 bridgehead atoms. The third-order valence-corrected chi connectivity index (χ3v) is 5.37. The van der Waals surface area contributed by atoms with Crippen molar-refractivity contribution in [1.82, 2.24) is 35.6 Å². The molecule has 0 aliphatic carbocycles. The first-order chi connectivity index (χ1) is 14.7. The summed E-state index contributed by atoms with van der Waals surface area (Å²) in [5.74, 6) is 0.578. The topological polar surface area (TPSA) is 124 Å². The summed E-state index contributed by atoms with van der Waals surface area (Å²) in [6.07, 6.45) is 6.03. The Morgan fingerprint density at radius 2 is 2.13 bits per heavy atom. The molecule has 5 rings (SSSR count). The van der Waals surface area contributed by atoms with Crippen molar-refractivity contribution in [1.29, 1.82) is 0 Å². The largest absolute Gasteiger partial charge is 0.365 e. The van der Waals surface area contributed by atoms with Crippen LogP contribution in [0.2, 0.25) is 0 Å². The van der Waals surface area contributed by atoms with E-state index >= 15 is 0 Å². The molecule has 2 aromatic heterocycles. The first kappa shape index (κ1) is 18.3. The van der Waals surface area contributed by atoms with Gasteiger partial charge in [0.05, 0.1) is 30.7 Å². The second kappa shape index (κ2) is 7.97. The molecular weight excluding hydrogens is 382 g/mol. The van der Waals surface area contributed by atoms with Crippen LogP contribution in [-0.4, -0.2) is 49.0 Å². The number of para-hydroxylation sites is 1. The molecule has 1 unspecified atom stereocenters. The van der Waals surface area contributed by atoms with Crippen molar-refractivity contribution in [3.8, 4) is 0 Å². The van der Waals surface area contributed by atoms with Crippen LogP contribution in [0.5, 0.6) is 0 Å². The summed E-state index contributed by atoms with van der Waals surface area (Å²) >= 11 is 0. The average molecular weight is 405 g/mol. The van der Waals surface area contributed by atoms with E-state index in [1.807, 2.05) is 18.3 Å². The molecule has 2 aliphatic rings. The molecule has 0 fully saturated rings. The van der Waals surface area contributed by atoms with Gasteiger partial charge < -0.3 is 20.9 Å². The van der Waals surface area contributed by atoms with Crippen LogP contribution in [0.1, 0.15) is 28.9 Å². The van der Waals surface area contributed by atoms with Gasteiger partial charge >= 0.3 is 6.03 Å². The Morgan fingerprint density at radius 3 is 3.00 bits per heavy atom. The third-order valence-electron chi connectivity index (χ3n) is 5.37. The zero-order chi connectivity index (χ0) is 20.3. The lowest BCUT2D eigenvalue weighted by Crippen LogP contribution is -2.37. The van der Waals surface area contributed by atoms with Crippen LogP contribution >= 0.6 is 0 Å². The molecule has 10 nitrogen and oxygen atoms in total. The van der Waals surface area contributed by atoms with Gasteiger partial charge in [0, 0.05) is 30.4 Å². The van der Waals surface area contributed by atoms with Crippen LogP contribution in [0.4, 0.5) is 16.4 Å². The molecule has 0 radical (unpaired) electrons. The fourth-order valence-corrected chi connectivity index (χ4v) is 3.83. The summed E-state index contributed by atoms with van der Waals surface area (Å²) in [7, 11) is 0. The standard InChI is InChI=1S/C20H23N9O/c30-20(21-7-3-5-15-10-23-28-27-15)29-11-14-9-22-19(25-17(14)12-29)26-18-8-13-4-1-2-6-16(13)24-18/h1-2,4,6,9-10,18,24H,3,5,7-8,11-12H2,(H,21,30)(H,22,25,26)(H,23,27,28). The van der Waals surface area contributed by atoms with Crippen LogP contribution in [0.3, 0.4) is 0 Å². The van der Waals surface area contributed by atoms with Gasteiger partial charge in [0.15, 0.2) is 0 Å². The Bertz CT molecular complexity index is 1010. The van der Waals surface area contributed by atoms with E-state index in [-0.39, 0.29) is 12.2 Å². The molecule has 30 heavy (non-hydrogen) atoms. The van der Waals surface area contributed by atoms with Crippen molar-refractivity contribution in [2.75, 3.05) is 17.2 Å². The first-order valence-corrected chi connectivity index (χ1v) is 10.1. The van der Waals surface area contributed by atoms with Gasteiger partial charge in [0.25, 0.3) is 0 Å². The van der Waals surface area contributed by atoms with Crippen molar-refractivity contribution in [3.05, 3.63) is 59.2 Å². The number of fused-ring (bicyclic) bond motifs is 2. The molecule has 0 saturated heterocycles. The number of carbonyl (C=O) groups excluding carboxylic acids is 1. The number of nitrogens with zero attached hydrogens (tertiary/aromatic N) is 5. The number of benzene rings is 1. The van der Waals surface area contributed by atoms with Crippen LogP contribution in [-0.2, 0) is 25.9 Å². The Morgan fingerprint density at radius 1 is 1.20 bits per heavy atom. The van der Waals surface area contributed by atoms with Gasteiger partial charge in [-0.15, -0.1) is 0 Å². The molecule has 1 atom stereocenters. The third kappa shape index (κ3) is 3.88. The summed E-state index contributed by atoms with van der Waals surface area (Å²) < 4.78 is 0. The summed E-state index contributed by atoms with van der Waals surface area (Å²) in [5.41, 5.74) is 5.19. The summed E-state index contributed by atoms with van der Waals surface area (Å²) in [4.78, 5) is 23.3. The maximum absolute atomic E-state index is 12.5. The first-order valence-electron chi connectivity index (χ1n) is 10.1. The quantitative estimate of drug-likeness (QED) is 0.460. The summed E-state index contributed by atoms with van der Waals surface area (Å²) in [6, 6.07) is 8.17. The van der Waals surface area contributed by atoms with Crippen molar-refractivity contribution < 1.29 is 4.79 Å². The van der Waals surface area contributed by atoms with E-state index in [1.165, 1.54) is 5.56 Å². The van der Waals surface area contributed by atoms with Crippen molar-refractivity contribution in [2.24, 2.45) is 0 Å². The number of hydrogen-bond donors (Lipinski definition) is 4. The number of amides is 2. The van der Waals surface area contributed by atoms with Gasteiger partial charge in [0.1, 0.15) is 6.17 Å². The smallest absolute Gasteiger partial charge is 0.318 e. The molecule has 2 amide bonds. The lowest BCUT2D eigenvalue weighted by molar-refractivity contribution is 0.198. The predicted molar refractivity (Wildman–Crippen MR) is 111 cm³/mol. The van der Waals surface area contributed by atoms with E-state index in [2.05, 4.69) is 53.5 Å². The van der Waals surface area contributed by atoms with Crippen molar-refractivity contribution in [2.45, 2.75) is 38.5 Å². The number of rotatable bonds is 6. The number of urea groups is 1. The molecule has 2 aliphatic heterocycles. The maximum Gasteiger partial charge on any atom is 0.318 e. The number of aromatic amines is 1. The molecule has 0 spiro atoms. The Balaban J connectivity index is 1.12. The van der Waals surface area contributed by atoms with Crippen molar-refractivity contribution >= 4 is 17.7 Å². The number of aromatic nitrogens is 5. The SMILES string of the molecule is O=C(NCCCc1cn[nH]n1)N1Cc2cnc(NC3Cc4ccccc4N3)nc2C1. The minimum atomic E-state index is -0.0874. The van der Waals surface area contributed by atoms with Gasteiger partial charge in [-0.25, -0.2) is 14.8 Å². The van der Waals surface area contributed by atoms with E-state index in [0.717, 1.165) is 41.9 Å². The molecule has 10 heteroatoms. The highest BCUT2D eigenvalue weighted by atomic mass is 16.2. The molecule has 1 aromatic carbocycles. The van der Waals surface area contributed by atoms with Gasteiger partial charge in [-0.2, -0.15) is 15.4 Å². The normalized spacial score (nSPS) is 16.7. The fraction of sp³-hybridized carbons (Fsp3) is 0.350. The summed E-state index contributed by atoms with van der Waals surface area (Å²) in [6.45, 7) is 1.60. The van der Waals surface area contributed by atoms with Gasteiger partial charge in [-0.1, -0.05) is 18.2 Å². The lowest BCUT2D eigenvalue weighted by Gasteiger charge is -2.15. The molecule has 4 N–H and O–H groups in total. The monoisotopic (exact) mass is 405 g/mol. The van der Waals surface area contributed by atoms with Gasteiger partial charge in [0.2, 0.25) is 5.95 Å². The Kier molecular flexibility index (Phi) is 4.88. The minimum absolute atomic E-state index is 0.0611. The fourth-order valence-electron chi connectivity index (χ4n) is 3.83. The number of hydrogen-bond acceptors (Lipinski definition) is 7. The van der Waals surface area contributed by atoms with Crippen LogP contribution in [0.15, 0.2) is 36.7 Å². The zero-order valence-electron chi connectivity index (χ0n) is 16.4. The molecule has 3 aromatic rings. The molecular formula is C20H23N9O. The van der Waals surface area contributed by atoms with Gasteiger partial charge in [-0.05, 0) is 24.5 Å². The maximum atomic E-state index is 12.5. The highest BCUT2D eigenvalue weighted by molar-refractivity contribution is 5.74. The van der Waals surface area contributed by atoms with Crippen molar-refractivity contribution in [3.63, 3.8) is 0 Å². The number of aryl methyl sites for hydroxylation is 1. The molecule has 154 valence electrons. The lowest BCUT2D eigenvalue weighted by atomic mass is 10.1.